The third-order valence-electron chi connectivity index (χ3n) is 5.02. The van der Waals surface area contributed by atoms with Gasteiger partial charge in [0, 0.05) is 23.2 Å². The van der Waals surface area contributed by atoms with E-state index in [4.69, 9.17) is 15.0 Å². The molecular weight excluding hydrogens is 398 g/mol. The Bertz CT molecular complexity index is 602. The highest BCUT2D eigenvalue weighted by atomic mass is 35.5. The molecule has 0 radical (unpaired) electrons. The van der Waals surface area contributed by atoms with Gasteiger partial charge in [0.25, 0.3) is 11.8 Å². The SMILES string of the molecule is Cl.O=C(NC1CCCCC1)c1ccc(C(=O)NC2CCNCC2)cc1.O=C(O)O. The second-order valence-electron chi connectivity index (χ2n) is 7.17. The van der Waals surface area contributed by atoms with Crippen molar-refractivity contribution in [2.75, 3.05) is 13.1 Å². The molecule has 29 heavy (non-hydrogen) atoms. The molecule has 0 spiro atoms. The summed E-state index contributed by atoms with van der Waals surface area (Å²) in [5.74, 6) is -0.0895. The second kappa shape index (κ2) is 13.0. The van der Waals surface area contributed by atoms with Gasteiger partial charge in [0.2, 0.25) is 0 Å². The first kappa shape index (κ1) is 24.7. The molecule has 1 saturated carbocycles. The fourth-order valence-electron chi connectivity index (χ4n) is 3.52. The molecule has 2 aliphatic rings. The number of amides is 2. The van der Waals surface area contributed by atoms with Crippen LogP contribution in [0.1, 0.15) is 65.7 Å². The number of benzene rings is 1. The lowest BCUT2D eigenvalue weighted by atomic mass is 9.95. The van der Waals surface area contributed by atoms with Gasteiger partial charge in [-0.2, -0.15) is 0 Å². The Morgan fingerprint density at radius 1 is 0.759 bits per heavy atom. The quantitative estimate of drug-likeness (QED) is 0.502. The van der Waals surface area contributed by atoms with Gasteiger partial charge < -0.3 is 26.2 Å². The maximum absolute atomic E-state index is 12.3. The molecule has 5 N–H and O–H groups in total. The summed E-state index contributed by atoms with van der Waals surface area (Å²) in [6.07, 6.45) is 5.90. The molecule has 0 atom stereocenters. The Morgan fingerprint density at radius 3 is 1.55 bits per heavy atom. The van der Waals surface area contributed by atoms with E-state index in [0.717, 1.165) is 38.8 Å². The van der Waals surface area contributed by atoms with Crippen LogP contribution in [0.25, 0.3) is 0 Å². The molecule has 8 nitrogen and oxygen atoms in total. The van der Waals surface area contributed by atoms with Gasteiger partial charge in [-0.05, 0) is 63.0 Å². The van der Waals surface area contributed by atoms with Crippen molar-refractivity contribution in [1.29, 1.82) is 0 Å². The highest BCUT2D eigenvalue weighted by molar-refractivity contribution is 5.98. The van der Waals surface area contributed by atoms with E-state index in [1.807, 2.05) is 0 Å². The monoisotopic (exact) mass is 427 g/mol. The van der Waals surface area contributed by atoms with Gasteiger partial charge in [0.15, 0.2) is 0 Å². The van der Waals surface area contributed by atoms with Crippen LogP contribution in [0.5, 0.6) is 0 Å². The van der Waals surface area contributed by atoms with Gasteiger partial charge in [0.05, 0.1) is 0 Å². The van der Waals surface area contributed by atoms with Gasteiger partial charge in [0.1, 0.15) is 0 Å². The Labute approximate surface area is 176 Å². The van der Waals surface area contributed by atoms with Gasteiger partial charge >= 0.3 is 6.16 Å². The lowest BCUT2D eigenvalue weighted by Gasteiger charge is -2.24. The molecular formula is C20H30ClN3O5. The summed E-state index contributed by atoms with van der Waals surface area (Å²) < 4.78 is 0. The zero-order chi connectivity index (χ0) is 20.4. The van der Waals surface area contributed by atoms with Crippen molar-refractivity contribution >= 4 is 30.4 Å². The number of hydrogen-bond acceptors (Lipinski definition) is 4. The largest absolute Gasteiger partial charge is 0.503 e. The van der Waals surface area contributed by atoms with E-state index in [0.29, 0.717) is 17.2 Å². The van der Waals surface area contributed by atoms with Crippen molar-refractivity contribution in [2.24, 2.45) is 0 Å². The number of carboxylic acid groups (broad SMARTS) is 2. The number of carbonyl (C=O) groups excluding carboxylic acids is 2. The Kier molecular flexibility index (Phi) is 11.1. The number of nitrogens with one attached hydrogen (secondary N) is 3. The highest BCUT2D eigenvalue weighted by Gasteiger charge is 2.18. The zero-order valence-corrected chi connectivity index (χ0v) is 17.2. The first-order valence-corrected chi connectivity index (χ1v) is 9.80. The van der Waals surface area contributed by atoms with Crippen molar-refractivity contribution < 1.29 is 24.6 Å². The summed E-state index contributed by atoms with van der Waals surface area (Å²) >= 11 is 0. The molecule has 1 aromatic carbocycles. The Balaban J connectivity index is 0.000000771. The van der Waals surface area contributed by atoms with E-state index in [2.05, 4.69) is 16.0 Å². The molecule has 0 aromatic heterocycles. The Hall–Kier alpha value is -2.32. The minimum Gasteiger partial charge on any atom is -0.450 e. The molecule has 3 rings (SSSR count). The molecule has 1 aliphatic heterocycles. The van der Waals surface area contributed by atoms with Gasteiger partial charge in [-0.3, -0.25) is 9.59 Å². The van der Waals surface area contributed by atoms with E-state index >= 15 is 0 Å². The first-order chi connectivity index (χ1) is 13.5. The fourth-order valence-corrected chi connectivity index (χ4v) is 3.52. The van der Waals surface area contributed by atoms with Crippen LogP contribution < -0.4 is 16.0 Å². The zero-order valence-electron chi connectivity index (χ0n) is 16.4. The summed E-state index contributed by atoms with van der Waals surface area (Å²) in [6, 6.07) is 7.52. The maximum atomic E-state index is 12.3. The average Bonchev–Trinajstić information content (AvgIpc) is 2.69. The summed E-state index contributed by atoms with van der Waals surface area (Å²) in [4.78, 5) is 33.1. The van der Waals surface area contributed by atoms with Crippen molar-refractivity contribution in [3.05, 3.63) is 35.4 Å². The topological polar surface area (TPSA) is 128 Å². The molecule has 9 heteroatoms. The number of rotatable bonds is 4. The maximum Gasteiger partial charge on any atom is 0.503 e. The molecule has 1 aliphatic carbocycles. The molecule has 2 fully saturated rings. The first-order valence-electron chi connectivity index (χ1n) is 9.80. The minimum absolute atomic E-state index is 0. The Morgan fingerprint density at radius 2 is 1.14 bits per heavy atom. The average molecular weight is 428 g/mol. The van der Waals surface area contributed by atoms with Crippen LogP contribution in [0.2, 0.25) is 0 Å². The van der Waals surface area contributed by atoms with E-state index in [9.17, 15) is 9.59 Å². The molecule has 2 amide bonds. The van der Waals surface area contributed by atoms with Crippen LogP contribution in [0.3, 0.4) is 0 Å². The van der Waals surface area contributed by atoms with Gasteiger partial charge in [-0.1, -0.05) is 19.3 Å². The number of carbonyl (C=O) groups is 3. The van der Waals surface area contributed by atoms with E-state index < -0.39 is 6.16 Å². The van der Waals surface area contributed by atoms with Crippen molar-refractivity contribution in [2.45, 2.75) is 57.0 Å². The summed E-state index contributed by atoms with van der Waals surface area (Å²) in [5, 5.41) is 23.4. The predicted octanol–water partition coefficient (Wildman–Crippen LogP) is 2.88. The van der Waals surface area contributed by atoms with E-state index in [-0.39, 0.29) is 30.3 Å². The van der Waals surface area contributed by atoms with Crippen LogP contribution in [0.15, 0.2) is 24.3 Å². The third kappa shape index (κ3) is 9.15. The van der Waals surface area contributed by atoms with Crippen LogP contribution in [0, 0.1) is 0 Å². The summed E-state index contributed by atoms with van der Waals surface area (Å²) in [5.41, 5.74) is 1.24. The van der Waals surface area contributed by atoms with E-state index in [1.54, 1.807) is 24.3 Å². The molecule has 1 heterocycles. The van der Waals surface area contributed by atoms with Crippen LogP contribution in [0.4, 0.5) is 4.79 Å². The normalized spacial score (nSPS) is 17.1. The molecule has 0 unspecified atom stereocenters. The highest BCUT2D eigenvalue weighted by Crippen LogP contribution is 2.18. The molecule has 0 bridgehead atoms. The van der Waals surface area contributed by atoms with Crippen LogP contribution in [-0.4, -0.2) is 53.4 Å². The second-order valence-corrected chi connectivity index (χ2v) is 7.17. The van der Waals surface area contributed by atoms with Crippen molar-refractivity contribution in [3.8, 4) is 0 Å². The standard InChI is InChI=1S/C19H27N3O2.CH2O3.ClH/c23-18(21-16-4-2-1-3-5-16)14-6-8-15(9-7-14)19(24)22-17-10-12-20-13-11-17;2-1(3)4;/h6-9,16-17,20H,1-5,10-13H2,(H,21,23)(H,22,24);(H2,2,3,4);1H. The molecule has 1 saturated heterocycles. The van der Waals surface area contributed by atoms with Crippen LogP contribution in [-0.2, 0) is 0 Å². The summed E-state index contributed by atoms with van der Waals surface area (Å²) in [6.45, 7) is 1.90. The van der Waals surface area contributed by atoms with Crippen molar-refractivity contribution in [1.82, 2.24) is 16.0 Å². The predicted molar refractivity (Wildman–Crippen MR) is 112 cm³/mol. The summed E-state index contributed by atoms with van der Waals surface area (Å²) in [7, 11) is 0. The van der Waals surface area contributed by atoms with Gasteiger partial charge in [-0.25, -0.2) is 4.79 Å². The third-order valence-corrected chi connectivity index (χ3v) is 5.02. The van der Waals surface area contributed by atoms with Crippen LogP contribution >= 0.6 is 12.4 Å². The lowest BCUT2D eigenvalue weighted by Crippen LogP contribution is -2.42. The van der Waals surface area contributed by atoms with E-state index in [1.165, 1.54) is 19.3 Å². The molecule has 1 aromatic rings. The number of piperidine rings is 1. The van der Waals surface area contributed by atoms with Crippen molar-refractivity contribution in [3.63, 3.8) is 0 Å². The molecule has 162 valence electrons. The lowest BCUT2D eigenvalue weighted by molar-refractivity contribution is 0.0916. The number of halogens is 1. The fraction of sp³-hybridized carbons (Fsp3) is 0.550. The number of hydrogen-bond donors (Lipinski definition) is 5. The smallest absolute Gasteiger partial charge is 0.450 e. The minimum atomic E-state index is -1.83. The van der Waals surface area contributed by atoms with Gasteiger partial charge in [-0.15, -0.1) is 12.4 Å².